The Morgan fingerprint density at radius 1 is 1.27 bits per heavy atom. The molecule has 0 aliphatic heterocycles. The number of hydrogen-bond acceptors (Lipinski definition) is 3. The number of hydrogen-bond donors (Lipinski definition) is 2. The fraction of sp³-hybridized carbons (Fsp3) is 0. The van der Waals surface area contributed by atoms with Crippen LogP contribution in [-0.2, 0) is 0 Å². The normalized spacial score (nSPS) is 10.2. The molecule has 1 aromatic carbocycles. The van der Waals surface area contributed by atoms with Crippen molar-refractivity contribution in [3.05, 3.63) is 45.2 Å². The minimum Gasteiger partial charge on any atom is -0.382 e. The summed E-state index contributed by atoms with van der Waals surface area (Å²) in [5.74, 6) is 0.292. The lowest BCUT2D eigenvalue weighted by Gasteiger charge is -2.03. The van der Waals surface area contributed by atoms with E-state index >= 15 is 0 Å². The zero-order chi connectivity index (χ0) is 10.8. The number of anilines is 1. The summed E-state index contributed by atoms with van der Waals surface area (Å²) in [6.07, 6.45) is 0. The lowest BCUT2D eigenvalue weighted by molar-refractivity contribution is 1.00. The fourth-order valence-corrected chi connectivity index (χ4v) is 1.80. The average molecular weight is 266 g/mol. The highest BCUT2D eigenvalue weighted by atomic mass is 79.9. The zero-order valence-electron chi connectivity index (χ0n) is 7.70. The lowest BCUT2D eigenvalue weighted by Crippen LogP contribution is -2.12. The van der Waals surface area contributed by atoms with E-state index in [-0.39, 0.29) is 5.56 Å². The highest BCUT2D eigenvalue weighted by molar-refractivity contribution is 9.10. The van der Waals surface area contributed by atoms with E-state index in [1.807, 2.05) is 24.3 Å². The highest BCUT2D eigenvalue weighted by Gasteiger charge is 2.07. The molecule has 1 aromatic heterocycles. The molecule has 0 atom stereocenters. The van der Waals surface area contributed by atoms with Crippen molar-refractivity contribution in [2.24, 2.45) is 0 Å². The van der Waals surface area contributed by atoms with Gasteiger partial charge in [-0.1, -0.05) is 34.1 Å². The monoisotopic (exact) mass is 265 g/mol. The Morgan fingerprint density at radius 3 is 2.73 bits per heavy atom. The molecular formula is C10H8BrN3O. The summed E-state index contributed by atoms with van der Waals surface area (Å²) in [4.78, 5) is 11.5. The second-order valence-electron chi connectivity index (χ2n) is 3.02. The topological polar surface area (TPSA) is 71.8 Å². The van der Waals surface area contributed by atoms with Gasteiger partial charge in [0.2, 0.25) is 0 Å². The minimum absolute atomic E-state index is 0.254. The Kier molecular flexibility index (Phi) is 2.55. The number of aromatic nitrogens is 2. The summed E-state index contributed by atoms with van der Waals surface area (Å²) < 4.78 is 0.848. The summed E-state index contributed by atoms with van der Waals surface area (Å²) in [5, 5.41) is 5.96. The summed E-state index contributed by atoms with van der Waals surface area (Å²) >= 11 is 3.38. The second-order valence-corrected chi connectivity index (χ2v) is 3.87. The van der Waals surface area contributed by atoms with Crippen molar-refractivity contribution in [2.75, 3.05) is 5.73 Å². The maximum atomic E-state index is 11.5. The quantitative estimate of drug-likeness (QED) is 0.826. The number of aromatic amines is 1. The van der Waals surface area contributed by atoms with Gasteiger partial charge in [0.15, 0.2) is 0 Å². The second kappa shape index (κ2) is 3.86. The summed E-state index contributed by atoms with van der Waals surface area (Å²) in [6.45, 7) is 0. The highest BCUT2D eigenvalue weighted by Crippen LogP contribution is 2.25. The number of nitrogens with zero attached hydrogens (tertiary/aromatic N) is 1. The zero-order valence-corrected chi connectivity index (χ0v) is 9.28. The molecule has 0 amide bonds. The van der Waals surface area contributed by atoms with Crippen LogP contribution < -0.4 is 11.3 Å². The smallest absolute Gasteiger partial charge is 0.272 e. The molecule has 2 rings (SSSR count). The van der Waals surface area contributed by atoms with E-state index in [1.54, 1.807) is 6.07 Å². The summed E-state index contributed by atoms with van der Waals surface area (Å²) in [5.41, 5.74) is 6.57. The lowest BCUT2D eigenvalue weighted by atomic mass is 10.1. The van der Waals surface area contributed by atoms with Crippen LogP contribution in [0, 0.1) is 0 Å². The van der Waals surface area contributed by atoms with E-state index in [2.05, 4.69) is 26.1 Å². The van der Waals surface area contributed by atoms with Crippen molar-refractivity contribution >= 4 is 21.7 Å². The summed E-state index contributed by atoms with van der Waals surface area (Å²) in [6, 6.07) is 9.00. The molecule has 76 valence electrons. The van der Waals surface area contributed by atoms with Crippen LogP contribution in [0.1, 0.15) is 0 Å². The predicted octanol–water partition coefficient (Wildman–Crippen LogP) is 1.78. The molecule has 0 unspecified atom stereocenters. The van der Waals surface area contributed by atoms with Gasteiger partial charge in [-0.3, -0.25) is 4.79 Å². The number of nitrogens with two attached hydrogens (primary N) is 1. The molecule has 5 heteroatoms. The van der Waals surface area contributed by atoms with Gasteiger partial charge in [-0.2, -0.15) is 5.10 Å². The van der Waals surface area contributed by atoms with Crippen molar-refractivity contribution in [3.63, 3.8) is 0 Å². The Bertz CT molecular complexity index is 550. The molecule has 4 nitrogen and oxygen atoms in total. The van der Waals surface area contributed by atoms with Crippen molar-refractivity contribution in [3.8, 4) is 11.1 Å². The van der Waals surface area contributed by atoms with Crippen LogP contribution in [0.25, 0.3) is 11.1 Å². The minimum atomic E-state index is -0.254. The van der Waals surface area contributed by atoms with E-state index in [1.165, 1.54) is 0 Å². The first-order chi connectivity index (χ1) is 7.18. The molecule has 2 aromatic rings. The van der Waals surface area contributed by atoms with Crippen LogP contribution in [0.2, 0.25) is 0 Å². The van der Waals surface area contributed by atoms with Crippen LogP contribution in [-0.4, -0.2) is 10.2 Å². The van der Waals surface area contributed by atoms with Gasteiger partial charge in [0, 0.05) is 10.0 Å². The average Bonchev–Trinajstić information content (AvgIpc) is 2.23. The maximum absolute atomic E-state index is 11.5. The Labute approximate surface area is 94.3 Å². The Morgan fingerprint density at radius 2 is 2.00 bits per heavy atom. The Hall–Kier alpha value is -1.62. The first kappa shape index (κ1) is 9.92. The number of nitrogen functional groups attached to an aromatic ring is 1. The van der Waals surface area contributed by atoms with Gasteiger partial charge in [-0.05, 0) is 12.1 Å². The van der Waals surface area contributed by atoms with E-state index in [0.29, 0.717) is 11.4 Å². The number of rotatable bonds is 1. The van der Waals surface area contributed by atoms with Crippen molar-refractivity contribution < 1.29 is 0 Å². The van der Waals surface area contributed by atoms with Gasteiger partial charge in [0.05, 0.1) is 5.56 Å². The van der Waals surface area contributed by atoms with E-state index < -0.39 is 0 Å². The van der Waals surface area contributed by atoms with Gasteiger partial charge < -0.3 is 5.73 Å². The third-order valence-corrected chi connectivity index (χ3v) is 2.68. The first-order valence-corrected chi connectivity index (χ1v) is 5.08. The van der Waals surface area contributed by atoms with Crippen molar-refractivity contribution in [2.45, 2.75) is 0 Å². The molecular weight excluding hydrogens is 258 g/mol. The van der Waals surface area contributed by atoms with Gasteiger partial charge in [-0.25, -0.2) is 5.10 Å². The molecule has 3 N–H and O–H groups in total. The Balaban J connectivity index is 2.69. The fourth-order valence-electron chi connectivity index (χ4n) is 1.30. The van der Waals surface area contributed by atoms with Crippen LogP contribution in [0.5, 0.6) is 0 Å². The standard InChI is InChI=1S/C10H8BrN3O/c11-8-4-2-1-3-6(8)7-5-9(12)13-14-10(7)15/h1-5H,(H2,12,13)(H,14,15). The van der Waals surface area contributed by atoms with Crippen molar-refractivity contribution in [1.82, 2.24) is 10.2 Å². The van der Waals surface area contributed by atoms with E-state index in [9.17, 15) is 4.79 Å². The SMILES string of the molecule is Nc1cc(-c2ccccc2Br)c(=O)[nH]n1. The van der Waals surface area contributed by atoms with Gasteiger partial charge >= 0.3 is 0 Å². The third kappa shape index (κ3) is 1.92. The molecule has 0 aliphatic carbocycles. The van der Waals surface area contributed by atoms with Crippen LogP contribution in [0.3, 0.4) is 0 Å². The number of nitrogens with one attached hydrogen (secondary N) is 1. The van der Waals surface area contributed by atoms with Gasteiger partial charge in [-0.15, -0.1) is 0 Å². The number of H-pyrrole nitrogens is 1. The molecule has 0 fully saturated rings. The largest absolute Gasteiger partial charge is 0.382 e. The molecule has 0 saturated heterocycles. The van der Waals surface area contributed by atoms with Crippen LogP contribution in [0.4, 0.5) is 5.82 Å². The predicted molar refractivity (Wildman–Crippen MR) is 62.4 cm³/mol. The molecule has 0 radical (unpaired) electrons. The molecule has 0 spiro atoms. The van der Waals surface area contributed by atoms with E-state index in [4.69, 9.17) is 5.73 Å². The molecule has 0 saturated carbocycles. The molecule has 1 heterocycles. The molecule has 0 bridgehead atoms. The maximum Gasteiger partial charge on any atom is 0.272 e. The first-order valence-electron chi connectivity index (χ1n) is 4.28. The molecule has 15 heavy (non-hydrogen) atoms. The van der Waals surface area contributed by atoms with Crippen molar-refractivity contribution in [1.29, 1.82) is 0 Å². The third-order valence-electron chi connectivity index (χ3n) is 1.99. The summed E-state index contributed by atoms with van der Waals surface area (Å²) in [7, 11) is 0. The van der Waals surface area contributed by atoms with Gasteiger partial charge in [0.25, 0.3) is 5.56 Å². The van der Waals surface area contributed by atoms with Crippen LogP contribution in [0.15, 0.2) is 39.6 Å². The van der Waals surface area contributed by atoms with Gasteiger partial charge in [0.1, 0.15) is 5.82 Å². The molecule has 0 aliphatic rings. The van der Waals surface area contributed by atoms with Crippen LogP contribution >= 0.6 is 15.9 Å². The number of halogens is 1. The van der Waals surface area contributed by atoms with E-state index in [0.717, 1.165) is 10.0 Å². The number of benzene rings is 1.